The molecule has 0 aliphatic heterocycles. The summed E-state index contributed by atoms with van der Waals surface area (Å²) in [4.78, 5) is 10.3. The summed E-state index contributed by atoms with van der Waals surface area (Å²) in [6.07, 6.45) is 0.905. The molecule has 0 N–H and O–H groups in total. The number of hydrogen-bond donors (Lipinski definition) is 0. The van der Waals surface area contributed by atoms with E-state index in [1.165, 1.54) is 0 Å². The quantitative estimate of drug-likeness (QED) is 0.414. The topological polar surface area (TPSA) is 26.3 Å². The molecular formula is C5H9IO2. The third kappa shape index (κ3) is 4.36. The standard InChI is InChI=1S/C5H9IO2/c1-2-3-8-5(7)4-6/h2-4H2,1H3. The summed E-state index contributed by atoms with van der Waals surface area (Å²) in [6.45, 7) is 2.53. The Balaban J connectivity index is 2.99. The first-order chi connectivity index (χ1) is 3.81. The number of rotatable bonds is 3. The molecule has 8 heavy (non-hydrogen) atoms. The van der Waals surface area contributed by atoms with Crippen molar-refractivity contribution in [2.75, 3.05) is 11.0 Å². The molecule has 0 aromatic rings. The Morgan fingerprint density at radius 2 is 2.38 bits per heavy atom. The molecule has 0 atom stereocenters. The van der Waals surface area contributed by atoms with Gasteiger partial charge in [-0.15, -0.1) is 0 Å². The summed E-state index contributed by atoms with van der Waals surface area (Å²) >= 11 is 1.98. The fraction of sp³-hybridized carbons (Fsp3) is 0.800. The van der Waals surface area contributed by atoms with E-state index in [1.807, 2.05) is 29.5 Å². The molecule has 0 saturated carbocycles. The maximum Gasteiger partial charge on any atom is 0.315 e. The largest absolute Gasteiger partial charge is 0.465 e. The van der Waals surface area contributed by atoms with Crippen LogP contribution in [-0.2, 0) is 9.53 Å². The average Bonchev–Trinajstić information content (AvgIpc) is 1.83. The Labute approximate surface area is 62.7 Å². The van der Waals surface area contributed by atoms with Gasteiger partial charge in [0.25, 0.3) is 0 Å². The maximum atomic E-state index is 10.3. The van der Waals surface area contributed by atoms with Crippen LogP contribution in [0.4, 0.5) is 0 Å². The molecule has 0 aromatic carbocycles. The van der Waals surface area contributed by atoms with Gasteiger partial charge in [-0.25, -0.2) is 0 Å². The number of carbonyl (C=O) groups excluding carboxylic acids is 1. The zero-order chi connectivity index (χ0) is 6.41. The smallest absolute Gasteiger partial charge is 0.315 e. The van der Waals surface area contributed by atoms with Crippen molar-refractivity contribution < 1.29 is 9.53 Å². The number of carbonyl (C=O) groups is 1. The lowest BCUT2D eigenvalue weighted by Gasteiger charge is -1.96. The third-order valence-electron chi connectivity index (χ3n) is 0.576. The fourth-order valence-corrected chi connectivity index (χ4v) is 0.475. The second-order valence-corrected chi connectivity index (χ2v) is 2.12. The van der Waals surface area contributed by atoms with Crippen molar-refractivity contribution in [2.24, 2.45) is 0 Å². The Bertz CT molecular complexity index is 72.8. The molecule has 0 spiro atoms. The van der Waals surface area contributed by atoms with E-state index in [4.69, 9.17) is 4.74 Å². The normalized spacial score (nSPS) is 8.75. The highest BCUT2D eigenvalue weighted by Crippen LogP contribution is 1.86. The lowest BCUT2D eigenvalue weighted by Crippen LogP contribution is -2.05. The van der Waals surface area contributed by atoms with Crippen LogP contribution in [0.25, 0.3) is 0 Å². The predicted octanol–water partition coefficient (Wildman–Crippen LogP) is 1.37. The maximum absolute atomic E-state index is 10.3. The van der Waals surface area contributed by atoms with Gasteiger partial charge in [0.05, 0.1) is 11.0 Å². The van der Waals surface area contributed by atoms with E-state index in [9.17, 15) is 4.79 Å². The highest BCUT2D eigenvalue weighted by molar-refractivity contribution is 14.1. The lowest BCUT2D eigenvalue weighted by molar-refractivity contribution is -0.140. The van der Waals surface area contributed by atoms with Gasteiger partial charge in [-0.2, -0.15) is 0 Å². The number of hydrogen-bond acceptors (Lipinski definition) is 2. The Kier molecular flexibility index (Phi) is 5.47. The molecule has 3 heteroatoms. The van der Waals surface area contributed by atoms with Gasteiger partial charge in [0.1, 0.15) is 0 Å². The van der Waals surface area contributed by atoms with Gasteiger partial charge in [-0.05, 0) is 6.42 Å². The van der Waals surface area contributed by atoms with Crippen LogP contribution in [0, 0.1) is 0 Å². The summed E-state index contributed by atoms with van der Waals surface area (Å²) < 4.78 is 5.15. The van der Waals surface area contributed by atoms with Gasteiger partial charge in [0, 0.05) is 0 Å². The highest BCUT2D eigenvalue weighted by Gasteiger charge is 1.94. The molecule has 0 bridgehead atoms. The first-order valence-electron chi connectivity index (χ1n) is 2.52. The van der Waals surface area contributed by atoms with E-state index in [2.05, 4.69) is 0 Å². The van der Waals surface area contributed by atoms with E-state index in [1.54, 1.807) is 0 Å². The van der Waals surface area contributed by atoms with E-state index < -0.39 is 0 Å². The summed E-state index contributed by atoms with van der Waals surface area (Å²) in [5.41, 5.74) is 0. The number of ether oxygens (including phenoxy) is 1. The van der Waals surface area contributed by atoms with Gasteiger partial charge in [0.2, 0.25) is 0 Å². The fourth-order valence-electron chi connectivity index (χ4n) is 0.254. The van der Waals surface area contributed by atoms with Crippen LogP contribution in [0.15, 0.2) is 0 Å². The van der Waals surface area contributed by atoms with Crippen molar-refractivity contribution in [3.05, 3.63) is 0 Å². The van der Waals surface area contributed by atoms with Crippen LogP contribution in [-0.4, -0.2) is 17.0 Å². The van der Waals surface area contributed by atoms with Gasteiger partial charge in [-0.3, -0.25) is 4.79 Å². The predicted molar refractivity (Wildman–Crippen MR) is 40.1 cm³/mol. The lowest BCUT2D eigenvalue weighted by atomic mass is 10.5. The summed E-state index contributed by atoms with van der Waals surface area (Å²) in [6, 6.07) is 0. The molecule has 0 aliphatic rings. The van der Waals surface area contributed by atoms with Crippen molar-refractivity contribution in [3.63, 3.8) is 0 Å². The number of halogens is 1. The van der Waals surface area contributed by atoms with Gasteiger partial charge in [-0.1, -0.05) is 29.5 Å². The molecule has 0 aromatic heterocycles. The molecule has 0 radical (unpaired) electrons. The summed E-state index contributed by atoms with van der Waals surface area (Å²) in [5, 5.41) is 0. The zero-order valence-electron chi connectivity index (χ0n) is 4.82. The number of esters is 1. The Morgan fingerprint density at radius 1 is 1.75 bits per heavy atom. The third-order valence-corrected chi connectivity index (χ3v) is 1.20. The molecule has 0 saturated heterocycles. The molecule has 0 aliphatic carbocycles. The second kappa shape index (κ2) is 5.34. The van der Waals surface area contributed by atoms with Crippen molar-refractivity contribution in [1.29, 1.82) is 0 Å². The number of alkyl halides is 1. The SMILES string of the molecule is CCCOC(=O)CI. The first kappa shape index (κ1) is 8.20. The van der Waals surface area contributed by atoms with Gasteiger partial charge < -0.3 is 4.74 Å². The second-order valence-electron chi connectivity index (χ2n) is 1.35. The summed E-state index contributed by atoms with van der Waals surface area (Å²) in [5.74, 6) is -0.118. The van der Waals surface area contributed by atoms with Crippen LogP contribution in [0.1, 0.15) is 13.3 Å². The zero-order valence-corrected chi connectivity index (χ0v) is 6.97. The minimum atomic E-state index is -0.118. The van der Waals surface area contributed by atoms with E-state index in [0.717, 1.165) is 6.42 Å². The van der Waals surface area contributed by atoms with Crippen molar-refractivity contribution >= 4 is 28.6 Å². The van der Waals surface area contributed by atoms with Crippen LogP contribution in [0.3, 0.4) is 0 Å². The molecule has 0 fully saturated rings. The summed E-state index contributed by atoms with van der Waals surface area (Å²) in [7, 11) is 0. The van der Waals surface area contributed by atoms with E-state index in [0.29, 0.717) is 11.0 Å². The Hall–Kier alpha value is 0.200. The van der Waals surface area contributed by atoms with Crippen molar-refractivity contribution in [3.8, 4) is 0 Å². The monoisotopic (exact) mass is 228 g/mol. The van der Waals surface area contributed by atoms with Crippen LogP contribution >= 0.6 is 22.6 Å². The molecule has 2 nitrogen and oxygen atoms in total. The van der Waals surface area contributed by atoms with Gasteiger partial charge in [0.15, 0.2) is 0 Å². The minimum absolute atomic E-state index is 0.118. The van der Waals surface area contributed by atoms with Crippen LogP contribution in [0.2, 0.25) is 0 Å². The van der Waals surface area contributed by atoms with Gasteiger partial charge >= 0.3 is 5.97 Å². The average molecular weight is 228 g/mol. The molecule has 0 amide bonds. The first-order valence-corrected chi connectivity index (χ1v) is 4.05. The molecule has 0 rings (SSSR count). The van der Waals surface area contributed by atoms with Crippen LogP contribution < -0.4 is 0 Å². The molecule has 0 unspecified atom stereocenters. The highest BCUT2D eigenvalue weighted by atomic mass is 127. The Morgan fingerprint density at radius 3 is 2.75 bits per heavy atom. The molecule has 48 valence electrons. The van der Waals surface area contributed by atoms with E-state index in [-0.39, 0.29) is 5.97 Å². The van der Waals surface area contributed by atoms with E-state index >= 15 is 0 Å². The van der Waals surface area contributed by atoms with Crippen molar-refractivity contribution in [2.45, 2.75) is 13.3 Å². The van der Waals surface area contributed by atoms with Crippen molar-refractivity contribution in [1.82, 2.24) is 0 Å². The minimum Gasteiger partial charge on any atom is -0.465 e. The molecular weight excluding hydrogens is 219 g/mol. The van der Waals surface area contributed by atoms with Crippen LogP contribution in [0.5, 0.6) is 0 Å². The molecule has 0 heterocycles.